The van der Waals surface area contributed by atoms with Crippen molar-refractivity contribution in [1.82, 2.24) is 20.0 Å². The maximum Gasteiger partial charge on any atom is 0.312 e. The molecule has 0 saturated heterocycles. The molecule has 0 saturated carbocycles. The van der Waals surface area contributed by atoms with Gasteiger partial charge in [-0.25, -0.2) is 0 Å². The summed E-state index contributed by atoms with van der Waals surface area (Å²) < 4.78 is 12.2. The van der Waals surface area contributed by atoms with E-state index in [0.717, 1.165) is 11.3 Å². The van der Waals surface area contributed by atoms with E-state index in [1.807, 2.05) is 24.3 Å². The van der Waals surface area contributed by atoms with Crippen LogP contribution in [0.2, 0.25) is 0 Å². The normalized spacial score (nSPS) is 10.8. The molecule has 0 aliphatic carbocycles. The van der Waals surface area contributed by atoms with Gasteiger partial charge in [-0.05, 0) is 31.5 Å². The Bertz CT molecular complexity index is 898. The van der Waals surface area contributed by atoms with Crippen LogP contribution >= 0.6 is 0 Å². The molecule has 0 aliphatic rings. The van der Waals surface area contributed by atoms with E-state index >= 15 is 0 Å². The summed E-state index contributed by atoms with van der Waals surface area (Å²) in [6, 6.07) is 7.57. The molecule has 3 rings (SSSR count). The topological polar surface area (TPSA) is 109 Å². The second-order valence-corrected chi connectivity index (χ2v) is 5.55. The lowest BCUT2D eigenvalue weighted by Gasteiger charge is -2.01. The first-order chi connectivity index (χ1) is 12.0. The van der Waals surface area contributed by atoms with Gasteiger partial charge < -0.3 is 9.15 Å². The average Bonchev–Trinajstić information content (AvgIpc) is 3.12. The molecule has 0 spiro atoms. The van der Waals surface area contributed by atoms with Crippen LogP contribution in [0.3, 0.4) is 0 Å². The molecule has 2 heterocycles. The second kappa shape index (κ2) is 6.71. The van der Waals surface area contributed by atoms with Gasteiger partial charge in [-0.3, -0.25) is 14.8 Å². The fraction of sp³-hybridized carbons (Fsp3) is 0.312. The zero-order valence-electron chi connectivity index (χ0n) is 14.1. The van der Waals surface area contributed by atoms with Gasteiger partial charge in [-0.2, -0.15) is 5.10 Å². The van der Waals surface area contributed by atoms with Crippen LogP contribution in [0, 0.1) is 24.0 Å². The lowest BCUT2D eigenvalue weighted by Crippen LogP contribution is -2.04. The van der Waals surface area contributed by atoms with Gasteiger partial charge in [0.1, 0.15) is 23.7 Å². The molecular weight excluding hydrogens is 326 g/mol. The largest absolute Gasteiger partial charge is 0.497 e. The molecule has 9 heteroatoms. The molecule has 3 aromatic rings. The van der Waals surface area contributed by atoms with Crippen LogP contribution in [0.25, 0.3) is 0 Å². The number of hydrogen-bond acceptors (Lipinski definition) is 7. The molecule has 0 unspecified atom stereocenters. The van der Waals surface area contributed by atoms with Gasteiger partial charge in [0.15, 0.2) is 0 Å². The molecule has 0 N–H and O–H groups in total. The van der Waals surface area contributed by atoms with E-state index in [1.165, 1.54) is 4.68 Å². The first kappa shape index (κ1) is 16.6. The van der Waals surface area contributed by atoms with Gasteiger partial charge in [0, 0.05) is 0 Å². The highest BCUT2D eigenvalue weighted by Crippen LogP contribution is 2.22. The Morgan fingerprint density at radius 1 is 1.20 bits per heavy atom. The predicted octanol–water partition coefficient (Wildman–Crippen LogP) is 2.44. The van der Waals surface area contributed by atoms with Crippen LogP contribution in [0.5, 0.6) is 5.75 Å². The number of nitro groups is 1. The van der Waals surface area contributed by atoms with E-state index in [1.54, 1.807) is 21.0 Å². The van der Waals surface area contributed by atoms with Crippen LogP contribution in [0.15, 0.2) is 28.7 Å². The number of benzene rings is 1. The minimum absolute atomic E-state index is 0.0120. The van der Waals surface area contributed by atoms with Crippen molar-refractivity contribution in [3.63, 3.8) is 0 Å². The van der Waals surface area contributed by atoms with E-state index in [4.69, 9.17) is 9.15 Å². The summed E-state index contributed by atoms with van der Waals surface area (Å²) in [4.78, 5) is 10.6. The highest BCUT2D eigenvalue weighted by Gasteiger charge is 2.22. The minimum atomic E-state index is -0.433. The van der Waals surface area contributed by atoms with Gasteiger partial charge in [0.25, 0.3) is 0 Å². The van der Waals surface area contributed by atoms with Gasteiger partial charge in [-0.15, -0.1) is 10.2 Å². The van der Waals surface area contributed by atoms with Crippen molar-refractivity contribution in [2.45, 2.75) is 26.8 Å². The number of ether oxygens (including phenoxy) is 1. The van der Waals surface area contributed by atoms with Crippen molar-refractivity contribution >= 4 is 5.69 Å². The van der Waals surface area contributed by atoms with Crippen LogP contribution in [-0.2, 0) is 13.0 Å². The van der Waals surface area contributed by atoms with E-state index in [-0.39, 0.29) is 12.2 Å². The van der Waals surface area contributed by atoms with Crippen molar-refractivity contribution in [2.75, 3.05) is 7.11 Å². The summed E-state index contributed by atoms with van der Waals surface area (Å²) in [7, 11) is 1.61. The number of methoxy groups -OCH3 is 1. The highest BCUT2D eigenvalue weighted by atomic mass is 16.6. The van der Waals surface area contributed by atoms with Crippen molar-refractivity contribution in [3.8, 4) is 5.75 Å². The minimum Gasteiger partial charge on any atom is -0.497 e. The second-order valence-electron chi connectivity index (χ2n) is 5.55. The first-order valence-electron chi connectivity index (χ1n) is 7.60. The first-order valence-corrected chi connectivity index (χ1v) is 7.60. The lowest BCUT2D eigenvalue weighted by atomic mass is 10.1. The number of aromatic nitrogens is 4. The molecule has 130 valence electrons. The number of rotatable bonds is 6. The molecule has 2 aromatic heterocycles. The Labute approximate surface area is 143 Å². The average molecular weight is 343 g/mol. The molecule has 25 heavy (non-hydrogen) atoms. The highest BCUT2D eigenvalue weighted by molar-refractivity contribution is 5.39. The molecule has 0 bridgehead atoms. The van der Waals surface area contributed by atoms with Crippen molar-refractivity contribution in [1.29, 1.82) is 0 Å². The summed E-state index contributed by atoms with van der Waals surface area (Å²) in [5.41, 5.74) is 1.84. The van der Waals surface area contributed by atoms with Gasteiger partial charge >= 0.3 is 5.69 Å². The molecule has 1 aromatic carbocycles. The standard InChI is InChI=1S/C16H17N5O4/c1-10-16(21(22)23)11(2)20(19-10)9-15-18-17-14(25-15)8-12-4-6-13(24-3)7-5-12/h4-7H,8-9H2,1-3H3. The molecule has 0 fully saturated rings. The van der Waals surface area contributed by atoms with E-state index in [9.17, 15) is 10.1 Å². The van der Waals surface area contributed by atoms with Gasteiger partial charge in [0.05, 0.1) is 18.5 Å². The molecule has 0 radical (unpaired) electrons. The van der Waals surface area contributed by atoms with Gasteiger partial charge in [-0.1, -0.05) is 12.1 Å². The van der Waals surface area contributed by atoms with Crippen LogP contribution < -0.4 is 4.74 Å². The van der Waals surface area contributed by atoms with E-state index < -0.39 is 4.92 Å². The van der Waals surface area contributed by atoms with Crippen LogP contribution in [-0.4, -0.2) is 32.0 Å². The molecular formula is C16H17N5O4. The predicted molar refractivity (Wildman–Crippen MR) is 87.6 cm³/mol. The zero-order chi connectivity index (χ0) is 18.0. The third-order valence-electron chi connectivity index (χ3n) is 3.83. The van der Waals surface area contributed by atoms with Crippen molar-refractivity contribution in [3.05, 3.63) is 63.1 Å². The molecule has 0 atom stereocenters. The number of nitrogens with zero attached hydrogens (tertiary/aromatic N) is 5. The SMILES string of the molecule is COc1ccc(Cc2nnc(Cn3nc(C)c([N+](=O)[O-])c3C)o2)cc1. The molecule has 9 nitrogen and oxygen atoms in total. The Kier molecular flexibility index (Phi) is 4.46. The number of aryl methyl sites for hydroxylation is 1. The Morgan fingerprint density at radius 3 is 2.48 bits per heavy atom. The van der Waals surface area contributed by atoms with Crippen LogP contribution in [0.1, 0.15) is 28.7 Å². The van der Waals surface area contributed by atoms with E-state index in [0.29, 0.717) is 29.6 Å². The van der Waals surface area contributed by atoms with E-state index in [2.05, 4.69) is 15.3 Å². The fourth-order valence-electron chi connectivity index (χ4n) is 2.58. The van der Waals surface area contributed by atoms with Crippen LogP contribution in [0.4, 0.5) is 5.69 Å². The Hall–Kier alpha value is -3.23. The summed E-state index contributed by atoms with van der Waals surface area (Å²) in [5, 5.41) is 23.2. The summed E-state index contributed by atoms with van der Waals surface area (Å²) >= 11 is 0. The quantitative estimate of drug-likeness (QED) is 0.499. The lowest BCUT2D eigenvalue weighted by molar-refractivity contribution is -0.386. The number of hydrogen-bond donors (Lipinski definition) is 0. The summed E-state index contributed by atoms with van der Waals surface area (Å²) in [6.45, 7) is 3.44. The third-order valence-corrected chi connectivity index (χ3v) is 3.83. The zero-order valence-corrected chi connectivity index (χ0v) is 14.1. The third kappa shape index (κ3) is 3.49. The van der Waals surface area contributed by atoms with Crippen molar-refractivity contribution < 1.29 is 14.1 Å². The monoisotopic (exact) mass is 343 g/mol. The maximum atomic E-state index is 11.1. The smallest absolute Gasteiger partial charge is 0.312 e. The van der Waals surface area contributed by atoms with Crippen molar-refractivity contribution in [2.24, 2.45) is 0 Å². The maximum absolute atomic E-state index is 11.1. The molecule has 0 amide bonds. The Balaban J connectivity index is 1.73. The Morgan fingerprint density at radius 2 is 1.88 bits per heavy atom. The fourth-order valence-corrected chi connectivity index (χ4v) is 2.58. The summed E-state index contributed by atoms with van der Waals surface area (Å²) in [5.74, 6) is 1.60. The molecule has 0 aliphatic heterocycles. The van der Waals surface area contributed by atoms with Gasteiger partial charge in [0.2, 0.25) is 11.8 Å². The summed E-state index contributed by atoms with van der Waals surface area (Å²) in [6.07, 6.45) is 0.494.